The van der Waals surface area contributed by atoms with Gasteiger partial charge in [0.25, 0.3) is 0 Å². The zero-order chi connectivity index (χ0) is 14.5. The van der Waals surface area contributed by atoms with E-state index in [1.165, 1.54) is 6.42 Å². The van der Waals surface area contributed by atoms with Gasteiger partial charge in [-0.25, -0.2) is 4.99 Å². The van der Waals surface area contributed by atoms with Crippen LogP contribution in [0.3, 0.4) is 0 Å². The molecule has 1 aliphatic heterocycles. The summed E-state index contributed by atoms with van der Waals surface area (Å²) in [7, 11) is 0. The molecule has 120 valence electrons. The number of rotatable bonds is 5. The van der Waals surface area contributed by atoms with Crippen LogP contribution in [0.1, 0.15) is 45.8 Å². The summed E-state index contributed by atoms with van der Waals surface area (Å²) in [6, 6.07) is 0.386. The molecule has 6 nitrogen and oxygen atoms in total. The predicted octanol–water partition coefficient (Wildman–Crippen LogP) is 1.94. The Morgan fingerprint density at radius 3 is 2.76 bits per heavy atom. The molecule has 1 unspecified atom stereocenters. The Morgan fingerprint density at radius 1 is 1.33 bits per heavy atom. The minimum Gasteiger partial charge on any atom is -0.357 e. The molecule has 0 saturated heterocycles. The average molecular weight is 406 g/mol. The first-order valence-electron chi connectivity index (χ1n) is 7.57. The Kier molecular flexibility index (Phi) is 7.41. The van der Waals surface area contributed by atoms with Gasteiger partial charge in [0.15, 0.2) is 11.8 Å². The third-order valence-corrected chi connectivity index (χ3v) is 3.77. The summed E-state index contributed by atoms with van der Waals surface area (Å²) in [6.45, 7) is 11.1. The van der Waals surface area contributed by atoms with Crippen LogP contribution in [0.4, 0.5) is 0 Å². The van der Waals surface area contributed by atoms with Crippen molar-refractivity contribution in [3.63, 3.8) is 0 Å². The summed E-state index contributed by atoms with van der Waals surface area (Å²) in [5.41, 5.74) is 0. The summed E-state index contributed by atoms with van der Waals surface area (Å²) in [5, 5.41) is 15.2. The van der Waals surface area contributed by atoms with E-state index >= 15 is 0 Å². The number of hydrogen-bond donors (Lipinski definition) is 2. The van der Waals surface area contributed by atoms with Gasteiger partial charge in [0, 0.05) is 25.6 Å². The fourth-order valence-corrected chi connectivity index (χ4v) is 2.18. The van der Waals surface area contributed by atoms with E-state index in [2.05, 4.69) is 58.1 Å². The average Bonchev–Trinajstić information content (AvgIpc) is 2.99. The highest BCUT2D eigenvalue weighted by molar-refractivity contribution is 14.0. The van der Waals surface area contributed by atoms with Gasteiger partial charge in [0.1, 0.15) is 12.4 Å². The summed E-state index contributed by atoms with van der Waals surface area (Å²) in [5.74, 6) is 3.48. The van der Waals surface area contributed by atoms with E-state index in [-0.39, 0.29) is 24.0 Å². The van der Waals surface area contributed by atoms with Crippen molar-refractivity contribution in [2.45, 2.75) is 59.7 Å². The number of fused-ring (bicyclic) bond motifs is 1. The lowest BCUT2D eigenvalue weighted by atomic mass is 10.1. The van der Waals surface area contributed by atoms with E-state index in [0.717, 1.165) is 37.1 Å². The van der Waals surface area contributed by atoms with Crippen LogP contribution in [0.5, 0.6) is 0 Å². The lowest BCUT2D eigenvalue weighted by molar-refractivity contribution is 0.480. The van der Waals surface area contributed by atoms with Crippen molar-refractivity contribution in [3.8, 4) is 0 Å². The van der Waals surface area contributed by atoms with Crippen LogP contribution in [0.15, 0.2) is 4.99 Å². The number of aryl methyl sites for hydroxylation is 1. The first-order valence-corrected chi connectivity index (χ1v) is 7.57. The molecule has 0 aromatic carbocycles. The number of halogens is 1. The highest BCUT2D eigenvalue weighted by atomic mass is 127. The van der Waals surface area contributed by atoms with E-state index < -0.39 is 0 Å². The molecule has 0 spiro atoms. The van der Waals surface area contributed by atoms with Gasteiger partial charge in [-0.05, 0) is 26.2 Å². The molecule has 0 saturated carbocycles. The number of nitrogens with zero attached hydrogens (tertiary/aromatic N) is 4. The molecular weight excluding hydrogens is 379 g/mol. The van der Waals surface area contributed by atoms with Crippen LogP contribution in [0.25, 0.3) is 0 Å². The molecule has 1 aromatic heterocycles. The number of hydrogen-bond acceptors (Lipinski definition) is 3. The summed E-state index contributed by atoms with van der Waals surface area (Å²) in [6.07, 6.45) is 2.21. The Morgan fingerprint density at radius 2 is 2.10 bits per heavy atom. The maximum Gasteiger partial charge on any atom is 0.191 e. The van der Waals surface area contributed by atoms with Gasteiger partial charge in [0.05, 0.1) is 0 Å². The SMILES string of the molecule is CCNC(=NCc1nnc2n1CCC2)NC(C)C(C)C.I. The molecule has 21 heavy (non-hydrogen) atoms. The molecule has 0 aliphatic carbocycles. The third-order valence-electron chi connectivity index (χ3n) is 3.77. The molecule has 0 bridgehead atoms. The van der Waals surface area contributed by atoms with Crippen molar-refractivity contribution in [2.75, 3.05) is 6.54 Å². The Labute approximate surface area is 144 Å². The van der Waals surface area contributed by atoms with E-state index in [1.54, 1.807) is 0 Å². The summed E-state index contributed by atoms with van der Waals surface area (Å²) < 4.78 is 2.19. The number of nitrogens with one attached hydrogen (secondary N) is 2. The summed E-state index contributed by atoms with van der Waals surface area (Å²) >= 11 is 0. The van der Waals surface area contributed by atoms with Crippen molar-refractivity contribution in [1.82, 2.24) is 25.4 Å². The van der Waals surface area contributed by atoms with Crippen LogP contribution in [-0.4, -0.2) is 33.3 Å². The van der Waals surface area contributed by atoms with Gasteiger partial charge in [0.2, 0.25) is 0 Å². The van der Waals surface area contributed by atoms with Crippen molar-refractivity contribution >= 4 is 29.9 Å². The fraction of sp³-hybridized carbons (Fsp3) is 0.786. The molecule has 2 heterocycles. The molecule has 0 amide bonds. The van der Waals surface area contributed by atoms with Gasteiger partial charge in [-0.3, -0.25) is 0 Å². The topological polar surface area (TPSA) is 67.1 Å². The van der Waals surface area contributed by atoms with E-state index in [4.69, 9.17) is 0 Å². The molecule has 2 rings (SSSR count). The zero-order valence-electron chi connectivity index (χ0n) is 13.4. The zero-order valence-corrected chi connectivity index (χ0v) is 15.7. The predicted molar refractivity (Wildman–Crippen MR) is 96.0 cm³/mol. The highest BCUT2D eigenvalue weighted by Gasteiger charge is 2.17. The van der Waals surface area contributed by atoms with Crippen LogP contribution in [0.2, 0.25) is 0 Å². The molecule has 1 aliphatic rings. The van der Waals surface area contributed by atoms with Crippen molar-refractivity contribution in [1.29, 1.82) is 0 Å². The van der Waals surface area contributed by atoms with Crippen molar-refractivity contribution < 1.29 is 0 Å². The van der Waals surface area contributed by atoms with Crippen LogP contribution >= 0.6 is 24.0 Å². The van der Waals surface area contributed by atoms with E-state index in [0.29, 0.717) is 18.5 Å². The Hall–Kier alpha value is -0.860. The first-order chi connectivity index (χ1) is 9.61. The second-order valence-corrected chi connectivity index (χ2v) is 5.66. The number of aliphatic imine (C=N–C) groups is 1. The molecule has 0 radical (unpaired) electrons. The smallest absolute Gasteiger partial charge is 0.191 e. The van der Waals surface area contributed by atoms with Crippen LogP contribution in [-0.2, 0) is 19.5 Å². The van der Waals surface area contributed by atoms with Gasteiger partial charge < -0.3 is 15.2 Å². The number of guanidine groups is 1. The quantitative estimate of drug-likeness (QED) is 0.446. The Balaban J connectivity index is 0.00000220. The second-order valence-electron chi connectivity index (χ2n) is 5.66. The standard InChI is InChI=1S/C14H26N6.HI/c1-5-15-14(17-11(4)10(2)3)16-9-13-19-18-12-7-6-8-20(12)13;/h10-11H,5-9H2,1-4H3,(H2,15,16,17);1H. The van der Waals surface area contributed by atoms with Crippen LogP contribution < -0.4 is 10.6 Å². The molecule has 2 N–H and O–H groups in total. The summed E-state index contributed by atoms with van der Waals surface area (Å²) in [4.78, 5) is 4.63. The minimum atomic E-state index is 0. The fourth-order valence-electron chi connectivity index (χ4n) is 2.18. The first kappa shape index (κ1) is 18.2. The molecule has 1 aromatic rings. The minimum absolute atomic E-state index is 0. The van der Waals surface area contributed by atoms with Gasteiger partial charge >= 0.3 is 0 Å². The van der Waals surface area contributed by atoms with Gasteiger partial charge in [-0.15, -0.1) is 34.2 Å². The van der Waals surface area contributed by atoms with E-state index in [1.807, 2.05) is 0 Å². The molecule has 7 heteroatoms. The maximum absolute atomic E-state index is 4.63. The number of aromatic nitrogens is 3. The van der Waals surface area contributed by atoms with Gasteiger partial charge in [-0.2, -0.15) is 0 Å². The van der Waals surface area contributed by atoms with Gasteiger partial charge in [-0.1, -0.05) is 13.8 Å². The van der Waals surface area contributed by atoms with Crippen LogP contribution in [0, 0.1) is 5.92 Å². The molecule has 1 atom stereocenters. The third kappa shape index (κ3) is 4.82. The largest absolute Gasteiger partial charge is 0.357 e. The van der Waals surface area contributed by atoms with E-state index in [9.17, 15) is 0 Å². The maximum atomic E-state index is 4.63. The Bertz CT molecular complexity index is 468. The lowest BCUT2D eigenvalue weighted by Gasteiger charge is -2.20. The normalized spacial score (nSPS) is 15.6. The van der Waals surface area contributed by atoms with Crippen molar-refractivity contribution in [2.24, 2.45) is 10.9 Å². The monoisotopic (exact) mass is 406 g/mol. The second kappa shape index (κ2) is 8.55. The molecule has 0 fully saturated rings. The highest BCUT2D eigenvalue weighted by Crippen LogP contribution is 2.14. The molecular formula is C14H27IN6. The lowest BCUT2D eigenvalue weighted by Crippen LogP contribution is -2.44. The van der Waals surface area contributed by atoms with Crippen molar-refractivity contribution in [3.05, 3.63) is 11.6 Å².